The second-order valence-electron chi connectivity index (χ2n) is 6.09. The molecular formula is C16H18Cl2N2O2. The van der Waals surface area contributed by atoms with Crippen LogP contribution in [0.3, 0.4) is 0 Å². The Labute approximate surface area is 140 Å². The van der Waals surface area contributed by atoms with Crippen molar-refractivity contribution in [2.75, 3.05) is 20.1 Å². The Hall–Kier alpha value is -1.26. The second kappa shape index (κ2) is 6.09. The van der Waals surface area contributed by atoms with E-state index in [0.29, 0.717) is 35.3 Å². The van der Waals surface area contributed by atoms with Crippen LogP contribution in [0.15, 0.2) is 18.2 Å². The highest BCUT2D eigenvalue weighted by Gasteiger charge is 2.41. The third-order valence-corrected chi connectivity index (χ3v) is 5.48. The molecular weight excluding hydrogens is 323 g/mol. The summed E-state index contributed by atoms with van der Waals surface area (Å²) < 4.78 is 0. The van der Waals surface area contributed by atoms with Gasteiger partial charge in [-0.3, -0.25) is 9.59 Å². The van der Waals surface area contributed by atoms with Gasteiger partial charge in [-0.2, -0.15) is 0 Å². The molecule has 0 unspecified atom stereocenters. The molecule has 0 radical (unpaired) electrons. The fraction of sp³-hybridized carbons (Fsp3) is 0.500. The molecule has 0 bridgehead atoms. The van der Waals surface area contributed by atoms with Crippen molar-refractivity contribution < 1.29 is 9.59 Å². The third kappa shape index (κ3) is 2.95. The number of benzene rings is 1. The zero-order chi connectivity index (χ0) is 15.9. The smallest absolute Gasteiger partial charge is 0.227 e. The van der Waals surface area contributed by atoms with E-state index in [0.717, 1.165) is 18.5 Å². The monoisotopic (exact) mass is 340 g/mol. The number of rotatable bonds is 2. The molecule has 22 heavy (non-hydrogen) atoms. The van der Waals surface area contributed by atoms with Crippen molar-refractivity contribution in [1.82, 2.24) is 9.80 Å². The molecule has 2 aliphatic rings. The normalized spacial score (nSPS) is 24.6. The predicted molar refractivity (Wildman–Crippen MR) is 86.0 cm³/mol. The van der Waals surface area contributed by atoms with Crippen LogP contribution in [0.4, 0.5) is 0 Å². The van der Waals surface area contributed by atoms with Gasteiger partial charge in [-0.15, -0.1) is 0 Å². The number of likely N-dealkylation sites (tertiary alicyclic amines) is 2. The van der Waals surface area contributed by atoms with E-state index in [4.69, 9.17) is 23.2 Å². The van der Waals surface area contributed by atoms with E-state index >= 15 is 0 Å². The number of hydrogen-bond acceptors (Lipinski definition) is 2. The number of fused-ring (bicyclic) bond motifs is 1. The van der Waals surface area contributed by atoms with E-state index in [-0.39, 0.29) is 17.9 Å². The molecule has 2 heterocycles. The Balaban J connectivity index is 1.65. The summed E-state index contributed by atoms with van der Waals surface area (Å²) in [5.41, 5.74) is 0.859. The summed E-state index contributed by atoms with van der Waals surface area (Å²) in [6.45, 7) is 1.36. The van der Waals surface area contributed by atoms with Crippen molar-refractivity contribution in [3.05, 3.63) is 33.8 Å². The number of carbonyl (C=O) groups is 2. The van der Waals surface area contributed by atoms with Crippen molar-refractivity contribution >= 4 is 35.0 Å². The summed E-state index contributed by atoms with van der Waals surface area (Å²) in [5.74, 6) is 0.657. The van der Waals surface area contributed by atoms with Gasteiger partial charge in [-0.05, 0) is 30.0 Å². The Morgan fingerprint density at radius 2 is 2.09 bits per heavy atom. The molecule has 2 saturated heterocycles. The molecule has 2 fully saturated rings. The molecule has 0 saturated carbocycles. The summed E-state index contributed by atoms with van der Waals surface area (Å²) in [4.78, 5) is 27.9. The van der Waals surface area contributed by atoms with E-state index in [9.17, 15) is 9.59 Å². The zero-order valence-electron chi connectivity index (χ0n) is 12.4. The van der Waals surface area contributed by atoms with Crippen LogP contribution < -0.4 is 0 Å². The van der Waals surface area contributed by atoms with Crippen molar-refractivity contribution in [3.8, 4) is 0 Å². The first kappa shape index (κ1) is 15.6. The Kier molecular flexibility index (Phi) is 4.33. The number of hydrogen-bond donors (Lipinski definition) is 0. The van der Waals surface area contributed by atoms with Gasteiger partial charge in [0, 0.05) is 26.6 Å². The van der Waals surface area contributed by atoms with Crippen molar-refractivity contribution in [2.45, 2.75) is 25.3 Å². The molecule has 2 atom stereocenters. The zero-order valence-corrected chi connectivity index (χ0v) is 13.9. The molecule has 2 aliphatic heterocycles. The lowest BCUT2D eigenvalue weighted by Crippen LogP contribution is -2.49. The highest BCUT2D eigenvalue weighted by molar-refractivity contribution is 6.42. The lowest BCUT2D eigenvalue weighted by atomic mass is 9.92. The summed E-state index contributed by atoms with van der Waals surface area (Å²) in [6.07, 6.45) is 1.83. The summed E-state index contributed by atoms with van der Waals surface area (Å²) >= 11 is 11.9. The van der Waals surface area contributed by atoms with Gasteiger partial charge in [-0.25, -0.2) is 0 Å². The van der Waals surface area contributed by atoms with Gasteiger partial charge in [0.2, 0.25) is 11.8 Å². The van der Waals surface area contributed by atoms with Crippen LogP contribution in [0.25, 0.3) is 0 Å². The minimum absolute atomic E-state index is 0.0737. The van der Waals surface area contributed by atoms with Gasteiger partial charge in [0.15, 0.2) is 0 Å². The highest BCUT2D eigenvalue weighted by Crippen LogP contribution is 2.31. The van der Waals surface area contributed by atoms with Crippen LogP contribution in [0.2, 0.25) is 10.0 Å². The fourth-order valence-electron chi connectivity index (χ4n) is 3.37. The third-order valence-electron chi connectivity index (χ3n) is 4.74. The van der Waals surface area contributed by atoms with Crippen LogP contribution in [-0.2, 0) is 16.0 Å². The molecule has 118 valence electrons. The van der Waals surface area contributed by atoms with Crippen LogP contribution >= 0.6 is 23.2 Å². The molecule has 2 amide bonds. The first-order valence-corrected chi connectivity index (χ1v) is 8.18. The average molecular weight is 341 g/mol. The van der Waals surface area contributed by atoms with E-state index in [2.05, 4.69) is 0 Å². The van der Waals surface area contributed by atoms with Gasteiger partial charge in [-0.1, -0.05) is 29.3 Å². The van der Waals surface area contributed by atoms with E-state index in [1.54, 1.807) is 17.0 Å². The molecule has 0 N–H and O–H groups in total. The van der Waals surface area contributed by atoms with Gasteiger partial charge in [0.05, 0.1) is 22.5 Å². The number of piperidine rings is 1. The Morgan fingerprint density at radius 3 is 2.82 bits per heavy atom. The molecule has 0 spiro atoms. The first-order chi connectivity index (χ1) is 10.5. The van der Waals surface area contributed by atoms with E-state index in [1.807, 2.05) is 18.0 Å². The van der Waals surface area contributed by atoms with Crippen LogP contribution in [0.1, 0.15) is 18.4 Å². The summed E-state index contributed by atoms with van der Waals surface area (Å²) in [5, 5.41) is 0.955. The van der Waals surface area contributed by atoms with Gasteiger partial charge < -0.3 is 9.80 Å². The molecule has 0 aliphatic carbocycles. The minimum atomic E-state index is 0.0737. The van der Waals surface area contributed by atoms with Crippen LogP contribution in [0, 0.1) is 5.92 Å². The lowest BCUT2D eigenvalue weighted by molar-refractivity contribution is -0.134. The number of carbonyl (C=O) groups excluding carboxylic acids is 2. The highest BCUT2D eigenvalue weighted by atomic mass is 35.5. The van der Waals surface area contributed by atoms with Gasteiger partial charge in [0.25, 0.3) is 0 Å². The van der Waals surface area contributed by atoms with Crippen LogP contribution in [0.5, 0.6) is 0 Å². The quantitative estimate of drug-likeness (QED) is 0.830. The standard InChI is InChI=1S/C16H18Cl2N2O2/c1-19-14-9-20(5-4-11(14)8-15(19)21)16(22)7-10-2-3-12(17)13(18)6-10/h2-3,6,11,14H,4-5,7-9H2,1H3/t11-,14-/m1/s1. The molecule has 6 heteroatoms. The minimum Gasteiger partial charge on any atom is -0.341 e. The Bertz CT molecular complexity index is 620. The molecule has 3 rings (SSSR count). The average Bonchev–Trinajstić information content (AvgIpc) is 2.78. The number of nitrogens with zero attached hydrogens (tertiary/aromatic N) is 2. The summed E-state index contributed by atoms with van der Waals surface area (Å²) in [6, 6.07) is 5.44. The topological polar surface area (TPSA) is 40.6 Å². The van der Waals surface area contributed by atoms with Crippen molar-refractivity contribution in [1.29, 1.82) is 0 Å². The van der Waals surface area contributed by atoms with Gasteiger partial charge >= 0.3 is 0 Å². The number of likely N-dealkylation sites (N-methyl/N-ethyl adjacent to an activating group) is 1. The number of amides is 2. The Morgan fingerprint density at radius 1 is 1.32 bits per heavy atom. The van der Waals surface area contributed by atoms with Crippen LogP contribution in [-0.4, -0.2) is 47.8 Å². The van der Waals surface area contributed by atoms with Crippen molar-refractivity contribution in [2.24, 2.45) is 5.92 Å². The maximum atomic E-state index is 12.5. The molecule has 0 aromatic heterocycles. The largest absolute Gasteiger partial charge is 0.341 e. The number of halogens is 2. The molecule has 1 aromatic carbocycles. The lowest BCUT2D eigenvalue weighted by Gasteiger charge is -2.37. The van der Waals surface area contributed by atoms with Gasteiger partial charge in [0.1, 0.15) is 0 Å². The SMILES string of the molecule is CN1C(=O)C[C@H]2CCN(C(=O)Cc3ccc(Cl)c(Cl)c3)C[C@H]21. The van der Waals surface area contributed by atoms with E-state index in [1.165, 1.54) is 0 Å². The van der Waals surface area contributed by atoms with E-state index < -0.39 is 0 Å². The molecule has 1 aromatic rings. The second-order valence-corrected chi connectivity index (χ2v) is 6.90. The fourth-order valence-corrected chi connectivity index (χ4v) is 3.69. The predicted octanol–water partition coefficient (Wildman–Crippen LogP) is 2.62. The first-order valence-electron chi connectivity index (χ1n) is 7.43. The van der Waals surface area contributed by atoms with Crippen molar-refractivity contribution in [3.63, 3.8) is 0 Å². The molecule has 4 nitrogen and oxygen atoms in total. The summed E-state index contributed by atoms with van der Waals surface area (Å²) in [7, 11) is 1.83. The maximum Gasteiger partial charge on any atom is 0.227 e. The maximum absolute atomic E-state index is 12.5.